The van der Waals surface area contributed by atoms with Gasteiger partial charge in [0.1, 0.15) is 0 Å². The minimum atomic E-state index is -0.568. The minimum absolute atomic E-state index is 0.0792. The number of nitro groups is 1. The third-order valence-corrected chi connectivity index (χ3v) is 3.84. The number of anilines is 1. The molecule has 8 heteroatoms. The van der Waals surface area contributed by atoms with Crippen LogP contribution in [0.4, 0.5) is 11.4 Å². The molecule has 0 saturated heterocycles. The number of nitro benzene ring substituents is 1. The molecule has 0 fully saturated rings. The molecule has 0 aliphatic rings. The van der Waals surface area contributed by atoms with Crippen LogP contribution in [0, 0.1) is 10.1 Å². The summed E-state index contributed by atoms with van der Waals surface area (Å²) < 4.78 is 0. The van der Waals surface area contributed by atoms with Gasteiger partial charge in [-0.15, -0.1) is 0 Å². The Bertz CT molecular complexity index is 807. The molecule has 1 N–H and O–H groups in total. The van der Waals surface area contributed by atoms with E-state index in [1.54, 1.807) is 24.3 Å². The fraction of sp³-hybridized carbons (Fsp3) is 0. The van der Waals surface area contributed by atoms with Crippen molar-refractivity contribution in [3.8, 4) is 0 Å². The maximum absolute atomic E-state index is 11.9. The molecule has 0 radical (unpaired) electrons. The third-order valence-electron chi connectivity index (χ3n) is 2.79. The van der Waals surface area contributed by atoms with Crippen LogP contribution in [-0.2, 0) is 4.79 Å². The molecular weight excluding hydrogens is 363 g/mol. The number of benzene rings is 2. The van der Waals surface area contributed by atoms with Gasteiger partial charge in [-0.05, 0) is 29.8 Å². The number of hydrogen-bond acceptors (Lipinski definition) is 3. The van der Waals surface area contributed by atoms with E-state index in [1.807, 2.05) is 0 Å². The first kappa shape index (κ1) is 17.3. The van der Waals surface area contributed by atoms with Crippen molar-refractivity contribution in [2.24, 2.45) is 0 Å². The van der Waals surface area contributed by atoms with E-state index in [4.69, 9.17) is 34.8 Å². The molecule has 5 nitrogen and oxygen atoms in total. The second kappa shape index (κ2) is 7.46. The molecule has 23 heavy (non-hydrogen) atoms. The standard InChI is InChI=1S/C15H9Cl3N2O3/c16-11-4-1-9(7-12(11)17)2-6-15(21)19-14-5-3-10(20(22)23)8-13(14)18/h1-8H,(H,19,21)/b6-2+. The summed E-state index contributed by atoms with van der Waals surface area (Å²) in [6, 6.07) is 8.73. The van der Waals surface area contributed by atoms with Crippen LogP contribution in [-0.4, -0.2) is 10.8 Å². The molecule has 0 aliphatic heterocycles. The van der Waals surface area contributed by atoms with Crippen molar-refractivity contribution >= 4 is 58.2 Å². The van der Waals surface area contributed by atoms with E-state index in [0.29, 0.717) is 15.6 Å². The maximum Gasteiger partial charge on any atom is 0.271 e. The van der Waals surface area contributed by atoms with Gasteiger partial charge in [0.05, 0.1) is 25.7 Å². The Morgan fingerprint density at radius 2 is 1.78 bits per heavy atom. The average molecular weight is 372 g/mol. The van der Waals surface area contributed by atoms with E-state index in [2.05, 4.69) is 5.32 Å². The number of rotatable bonds is 4. The SMILES string of the molecule is O=C(/C=C/c1ccc(Cl)c(Cl)c1)Nc1ccc([N+](=O)[O-])cc1Cl. The van der Waals surface area contributed by atoms with E-state index in [0.717, 1.165) is 0 Å². The summed E-state index contributed by atoms with van der Waals surface area (Å²) >= 11 is 17.6. The van der Waals surface area contributed by atoms with Crippen LogP contribution in [0.2, 0.25) is 15.1 Å². The number of halogens is 3. The Balaban J connectivity index is 2.08. The number of non-ortho nitro benzene ring substituents is 1. The van der Waals surface area contributed by atoms with Crippen LogP contribution < -0.4 is 5.32 Å². The van der Waals surface area contributed by atoms with E-state index < -0.39 is 10.8 Å². The van der Waals surface area contributed by atoms with Crippen molar-refractivity contribution < 1.29 is 9.72 Å². The molecule has 0 atom stereocenters. The van der Waals surface area contributed by atoms with Crippen molar-refractivity contribution in [1.29, 1.82) is 0 Å². The van der Waals surface area contributed by atoms with Gasteiger partial charge in [-0.1, -0.05) is 40.9 Å². The molecule has 0 saturated carbocycles. The van der Waals surface area contributed by atoms with Crippen molar-refractivity contribution in [2.45, 2.75) is 0 Å². The number of carbonyl (C=O) groups is 1. The molecule has 1 amide bonds. The fourth-order valence-electron chi connectivity index (χ4n) is 1.68. The summed E-state index contributed by atoms with van der Waals surface area (Å²) in [6.07, 6.45) is 2.84. The Labute approximate surface area is 146 Å². The molecule has 0 spiro atoms. The normalized spacial score (nSPS) is 10.7. The zero-order chi connectivity index (χ0) is 17.0. The van der Waals surface area contributed by atoms with Crippen LogP contribution >= 0.6 is 34.8 Å². The summed E-state index contributed by atoms with van der Waals surface area (Å²) in [5.74, 6) is -0.438. The van der Waals surface area contributed by atoms with Crippen molar-refractivity contribution in [1.82, 2.24) is 0 Å². The summed E-state index contributed by atoms with van der Waals surface area (Å²) in [5.41, 5.74) is 0.824. The Morgan fingerprint density at radius 1 is 1.04 bits per heavy atom. The Kier molecular flexibility index (Phi) is 5.60. The molecule has 0 heterocycles. The number of nitrogens with zero attached hydrogens (tertiary/aromatic N) is 1. The highest BCUT2D eigenvalue weighted by molar-refractivity contribution is 6.42. The highest BCUT2D eigenvalue weighted by atomic mass is 35.5. The number of amides is 1. The smallest absolute Gasteiger partial charge is 0.271 e. The highest BCUT2D eigenvalue weighted by Gasteiger charge is 2.10. The zero-order valence-corrected chi connectivity index (χ0v) is 13.7. The first-order valence-corrected chi connectivity index (χ1v) is 7.38. The van der Waals surface area contributed by atoms with Crippen LogP contribution in [0.3, 0.4) is 0 Å². The lowest BCUT2D eigenvalue weighted by molar-refractivity contribution is -0.384. The first-order chi connectivity index (χ1) is 10.9. The van der Waals surface area contributed by atoms with Gasteiger partial charge in [0.25, 0.3) is 5.69 Å². The van der Waals surface area contributed by atoms with Gasteiger partial charge >= 0.3 is 0 Å². The van der Waals surface area contributed by atoms with Crippen LogP contribution in [0.5, 0.6) is 0 Å². The maximum atomic E-state index is 11.9. The highest BCUT2D eigenvalue weighted by Crippen LogP contribution is 2.27. The monoisotopic (exact) mass is 370 g/mol. The lowest BCUT2D eigenvalue weighted by atomic mass is 10.2. The fourth-order valence-corrected chi connectivity index (χ4v) is 2.21. The topological polar surface area (TPSA) is 72.2 Å². The molecule has 0 aliphatic carbocycles. The lowest BCUT2D eigenvalue weighted by Crippen LogP contribution is -2.08. The largest absolute Gasteiger partial charge is 0.321 e. The van der Waals surface area contributed by atoms with Gasteiger partial charge < -0.3 is 5.32 Å². The summed E-state index contributed by atoms with van der Waals surface area (Å²) in [5, 5.41) is 14.0. The molecule has 2 aromatic rings. The van der Waals surface area contributed by atoms with Gasteiger partial charge in [0.15, 0.2) is 0 Å². The van der Waals surface area contributed by atoms with Crippen LogP contribution in [0.1, 0.15) is 5.56 Å². The van der Waals surface area contributed by atoms with Gasteiger partial charge in [0.2, 0.25) is 5.91 Å². The second-order valence-corrected chi connectivity index (χ2v) is 5.64. The van der Waals surface area contributed by atoms with Crippen LogP contribution in [0.25, 0.3) is 6.08 Å². The Hall–Kier alpha value is -2.08. The third kappa shape index (κ3) is 4.69. The van der Waals surface area contributed by atoms with E-state index in [1.165, 1.54) is 24.3 Å². The quantitative estimate of drug-likeness (QED) is 0.456. The molecule has 118 valence electrons. The lowest BCUT2D eigenvalue weighted by Gasteiger charge is -2.04. The molecule has 0 unspecified atom stereocenters. The number of carbonyl (C=O) groups excluding carboxylic acids is 1. The molecular formula is C15H9Cl3N2O3. The van der Waals surface area contributed by atoms with E-state index in [-0.39, 0.29) is 16.4 Å². The van der Waals surface area contributed by atoms with Gasteiger partial charge in [-0.25, -0.2) is 0 Å². The predicted octanol–water partition coefficient (Wildman–Crippen LogP) is 5.21. The van der Waals surface area contributed by atoms with Crippen LogP contribution in [0.15, 0.2) is 42.5 Å². The number of hydrogen-bond donors (Lipinski definition) is 1. The van der Waals surface area contributed by atoms with Crippen molar-refractivity contribution in [3.63, 3.8) is 0 Å². The van der Waals surface area contributed by atoms with Gasteiger partial charge in [0, 0.05) is 18.2 Å². The van der Waals surface area contributed by atoms with E-state index in [9.17, 15) is 14.9 Å². The molecule has 0 aromatic heterocycles. The second-order valence-electron chi connectivity index (χ2n) is 4.42. The average Bonchev–Trinajstić information content (AvgIpc) is 2.50. The Morgan fingerprint density at radius 3 is 2.39 bits per heavy atom. The summed E-state index contributed by atoms with van der Waals surface area (Å²) in [7, 11) is 0. The summed E-state index contributed by atoms with van der Waals surface area (Å²) in [6.45, 7) is 0. The van der Waals surface area contributed by atoms with Crippen molar-refractivity contribution in [3.05, 3.63) is 73.2 Å². The van der Waals surface area contributed by atoms with Gasteiger partial charge in [-0.2, -0.15) is 0 Å². The summed E-state index contributed by atoms with van der Waals surface area (Å²) in [4.78, 5) is 21.9. The number of nitrogens with one attached hydrogen (secondary N) is 1. The van der Waals surface area contributed by atoms with E-state index >= 15 is 0 Å². The molecule has 2 aromatic carbocycles. The minimum Gasteiger partial charge on any atom is -0.321 e. The molecule has 0 bridgehead atoms. The molecule has 2 rings (SSSR count). The first-order valence-electron chi connectivity index (χ1n) is 6.25. The zero-order valence-electron chi connectivity index (χ0n) is 11.4. The predicted molar refractivity (Wildman–Crippen MR) is 92.2 cm³/mol. The van der Waals surface area contributed by atoms with Crippen molar-refractivity contribution in [2.75, 3.05) is 5.32 Å². The van der Waals surface area contributed by atoms with Gasteiger partial charge in [-0.3, -0.25) is 14.9 Å².